The summed E-state index contributed by atoms with van der Waals surface area (Å²) >= 11 is 0. The Hall–Kier alpha value is -2.69. The van der Waals surface area contributed by atoms with Gasteiger partial charge in [0.25, 0.3) is 5.91 Å². The van der Waals surface area contributed by atoms with Crippen LogP contribution in [0.25, 0.3) is 0 Å². The highest BCUT2D eigenvalue weighted by atomic mass is 16.6. The van der Waals surface area contributed by atoms with Gasteiger partial charge in [0.1, 0.15) is 12.4 Å². The topological polar surface area (TPSA) is 56.8 Å². The van der Waals surface area contributed by atoms with E-state index >= 15 is 0 Å². The van der Waals surface area contributed by atoms with Gasteiger partial charge in [0.2, 0.25) is 6.10 Å². The number of para-hydroxylation sites is 2. The van der Waals surface area contributed by atoms with Crippen LogP contribution in [-0.2, 0) is 4.79 Å². The molecule has 2 unspecified atom stereocenters. The number of carbonyl (C=O) groups is 1. The van der Waals surface area contributed by atoms with Crippen LogP contribution in [0.1, 0.15) is 24.4 Å². The molecule has 2 aliphatic rings. The van der Waals surface area contributed by atoms with Crippen molar-refractivity contribution in [3.8, 4) is 17.2 Å². The fourth-order valence-electron chi connectivity index (χ4n) is 3.11. The third-order valence-electron chi connectivity index (χ3n) is 4.67. The van der Waals surface area contributed by atoms with Crippen molar-refractivity contribution in [3.63, 3.8) is 0 Å². The molecule has 1 fully saturated rings. The Morgan fingerprint density at radius 1 is 1.12 bits per heavy atom. The van der Waals surface area contributed by atoms with Crippen molar-refractivity contribution < 1.29 is 19.0 Å². The first-order valence-corrected chi connectivity index (χ1v) is 8.57. The van der Waals surface area contributed by atoms with E-state index < -0.39 is 6.10 Å². The molecule has 1 amide bonds. The molecule has 5 heteroatoms. The van der Waals surface area contributed by atoms with Gasteiger partial charge in [-0.05, 0) is 48.6 Å². The van der Waals surface area contributed by atoms with Gasteiger partial charge in [0.15, 0.2) is 11.5 Å². The third-order valence-corrected chi connectivity index (χ3v) is 4.67. The van der Waals surface area contributed by atoms with E-state index in [1.165, 1.54) is 0 Å². The first kappa shape index (κ1) is 15.8. The largest absolute Gasteiger partial charge is 0.497 e. The molecule has 0 bridgehead atoms. The average molecular weight is 339 g/mol. The average Bonchev–Trinajstić information content (AvgIpc) is 3.51. The van der Waals surface area contributed by atoms with Crippen molar-refractivity contribution in [2.24, 2.45) is 5.92 Å². The number of hydrogen-bond acceptors (Lipinski definition) is 4. The van der Waals surface area contributed by atoms with E-state index in [1.807, 2.05) is 48.5 Å². The van der Waals surface area contributed by atoms with Crippen molar-refractivity contribution >= 4 is 5.91 Å². The Kier molecular flexibility index (Phi) is 4.22. The molecule has 2 aromatic rings. The molecule has 1 N–H and O–H groups in total. The summed E-state index contributed by atoms with van der Waals surface area (Å²) in [6, 6.07) is 15.3. The van der Waals surface area contributed by atoms with Gasteiger partial charge in [-0.2, -0.15) is 0 Å². The third kappa shape index (κ3) is 3.40. The van der Waals surface area contributed by atoms with Crippen molar-refractivity contribution in [3.05, 3.63) is 54.1 Å². The second-order valence-corrected chi connectivity index (χ2v) is 6.46. The molecule has 1 aliphatic heterocycles. The molecule has 1 aliphatic carbocycles. The van der Waals surface area contributed by atoms with E-state index in [-0.39, 0.29) is 18.6 Å². The standard InChI is InChI=1S/C20H21NO4/c1-23-15-10-8-14(9-11-15)19(13-6-7-13)21-20(22)18-12-24-16-4-2-3-5-17(16)25-18/h2-5,8-11,13,18-19H,6-7,12H2,1H3,(H,21,22). The maximum Gasteiger partial charge on any atom is 0.265 e. The van der Waals surface area contributed by atoms with Gasteiger partial charge in [0.05, 0.1) is 13.2 Å². The van der Waals surface area contributed by atoms with Crippen LogP contribution in [0.4, 0.5) is 0 Å². The molecule has 0 saturated heterocycles. The van der Waals surface area contributed by atoms with Gasteiger partial charge in [-0.3, -0.25) is 4.79 Å². The minimum Gasteiger partial charge on any atom is -0.497 e. The van der Waals surface area contributed by atoms with Crippen LogP contribution in [0.5, 0.6) is 17.2 Å². The number of nitrogens with one attached hydrogen (secondary N) is 1. The summed E-state index contributed by atoms with van der Waals surface area (Å²) in [6.45, 7) is 0.225. The Morgan fingerprint density at radius 3 is 2.52 bits per heavy atom. The van der Waals surface area contributed by atoms with E-state index in [2.05, 4.69) is 5.32 Å². The fraction of sp³-hybridized carbons (Fsp3) is 0.350. The Labute approximate surface area is 146 Å². The zero-order chi connectivity index (χ0) is 17.2. The van der Waals surface area contributed by atoms with E-state index in [0.717, 1.165) is 24.2 Å². The molecule has 0 radical (unpaired) electrons. The fourth-order valence-corrected chi connectivity index (χ4v) is 3.11. The summed E-state index contributed by atoms with van der Waals surface area (Å²) in [6.07, 6.45) is 1.62. The Balaban J connectivity index is 1.46. The predicted molar refractivity (Wildman–Crippen MR) is 93.0 cm³/mol. The number of hydrogen-bond donors (Lipinski definition) is 1. The van der Waals surface area contributed by atoms with Crippen LogP contribution in [0, 0.1) is 5.92 Å². The highest BCUT2D eigenvalue weighted by Gasteiger charge is 2.36. The van der Waals surface area contributed by atoms with E-state index in [9.17, 15) is 4.79 Å². The molecule has 0 spiro atoms. The number of amides is 1. The summed E-state index contributed by atoms with van der Waals surface area (Å²) in [5.74, 6) is 2.45. The molecular formula is C20H21NO4. The molecule has 4 rings (SSSR count). The summed E-state index contributed by atoms with van der Waals surface area (Å²) in [4.78, 5) is 12.7. The molecule has 5 nitrogen and oxygen atoms in total. The normalized spacial score (nSPS) is 19.8. The van der Waals surface area contributed by atoms with Crippen molar-refractivity contribution in [1.29, 1.82) is 0 Å². The van der Waals surface area contributed by atoms with E-state index in [1.54, 1.807) is 7.11 Å². The number of carbonyl (C=O) groups excluding carboxylic acids is 1. The van der Waals surface area contributed by atoms with Crippen molar-refractivity contribution in [2.75, 3.05) is 13.7 Å². The molecule has 0 aromatic heterocycles. The van der Waals surface area contributed by atoms with Crippen LogP contribution in [0.2, 0.25) is 0 Å². The summed E-state index contributed by atoms with van der Waals surface area (Å²) < 4.78 is 16.7. The predicted octanol–water partition coefficient (Wildman–Crippen LogP) is 3.10. The molecule has 1 heterocycles. The SMILES string of the molecule is COc1ccc(C(NC(=O)C2COc3ccccc3O2)C2CC2)cc1. The molecule has 25 heavy (non-hydrogen) atoms. The summed E-state index contributed by atoms with van der Waals surface area (Å²) in [7, 11) is 1.65. The molecule has 1 saturated carbocycles. The second-order valence-electron chi connectivity index (χ2n) is 6.46. The van der Waals surface area contributed by atoms with Gasteiger partial charge in [-0.25, -0.2) is 0 Å². The van der Waals surface area contributed by atoms with Gasteiger partial charge < -0.3 is 19.5 Å². The smallest absolute Gasteiger partial charge is 0.265 e. The molecule has 2 aromatic carbocycles. The van der Waals surface area contributed by atoms with Gasteiger partial charge in [-0.1, -0.05) is 24.3 Å². The number of rotatable bonds is 5. The highest BCUT2D eigenvalue weighted by Crippen LogP contribution is 2.41. The zero-order valence-electron chi connectivity index (χ0n) is 14.1. The monoisotopic (exact) mass is 339 g/mol. The van der Waals surface area contributed by atoms with Crippen LogP contribution in [-0.4, -0.2) is 25.7 Å². The number of methoxy groups -OCH3 is 1. The Bertz CT molecular complexity index is 755. The van der Waals surface area contributed by atoms with Gasteiger partial charge >= 0.3 is 0 Å². The van der Waals surface area contributed by atoms with Gasteiger partial charge in [-0.15, -0.1) is 0 Å². The number of benzene rings is 2. The number of ether oxygens (including phenoxy) is 3. The van der Waals surface area contributed by atoms with E-state index in [0.29, 0.717) is 17.4 Å². The zero-order valence-corrected chi connectivity index (χ0v) is 14.1. The quantitative estimate of drug-likeness (QED) is 0.909. The first-order chi connectivity index (χ1) is 12.2. The Morgan fingerprint density at radius 2 is 1.84 bits per heavy atom. The lowest BCUT2D eigenvalue weighted by molar-refractivity contribution is -0.131. The lowest BCUT2D eigenvalue weighted by atomic mass is 10.0. The number of fused-ring (bicyclic) bond motifs is 1. The second kappa shape index (κ2) is 6.67. The van der Waals surface area contributed by atoms with Crippen LogP contribution in [0.3, 0.4) is 0 Å². The summed E-state index contributed by atoms with van der Waals surface area (Å²) in [5, 5.41) is 3.15. The van der Waals surface area contributed by atoms with Gasteiger partial charge in [0, 0.05) is 0 Å². The molecule has 2 atom stereocenters. The van der Waals surface area contributed by atoms with E-state index in [4.69, 9.17) is 14.2 Å². The lowest BCUT2D eigenvalue weighted by Gasteiger charge is -2.27. The first-order valence-electron chi connectivity index (χ1n) is 8.57. The lowest BCUT2D eigenvalue weighted by Crippen LogP contribution is -2.45. The maximum absolute atomic E-state index is 12.7. The maximum atomic E-state index is 12.7. The van der Waals surface area contributed by atoms with Crippen molar-refractivity contribution in [2.45, 2.75) is 25.0 Å². The van der Waals surface area contributed by atoms with Crippen molar-refractivity contribution in [1.82, 2.24) is 5.32 Å². The minimum atomic E-state index is -0.630. The summed E-state index contributed by atoms with van der Waals surface area (Å²) in [5.41, 5.74) is 1.09. The van der Waals surface area contributed by atoms with Crippen LogP contribution >= 0.6 is 0 Å². The molecular weight excluding hydrogens is 318 g/mol. The van der Waals surface area contributed by atoms with Crippen LogP contribution in [0.15, 0.2) is 48.5 Å². The van der Waals surface area contributed by atoms with Crippen LogP contribution < -0.4 is 19.5 Å². The minimum absolute atomic E-state index is 0.000763. The highest BCUT2D eigenvalue weighted by molar-refractivity contribution is 5.82. The molecule has 130 valence electrons.